The summed E-state index contributed by atoms with van der Waals surface area (Å²) < 4.78 is 4.80. The van der Waals surface area contributed by atoms with Gasteiger partial charge in [0.05, 0.1) is 6.10 Å². The van der Waals surface area contributed by atoms with E-state index in [9.17, 15) is 5.11 Å². The highest BCUT2D eigenvalue weighted by molar-refractivity contribution is 5.64. The van der Waals surface area contributed by atoms with Gasteiger partial charge in [0.15, 0.2) is 0 Å². The first-order chi connectivity index (χ1) is 7.75. The van der Waals surface area contributed by atoms with Crippen molar-refractivity contribution in [3.63, 3.8) is 0 Å². The summed E-state index contributed by atoms with van der Waals surface area (Å²) >= 11 is 0. The predicted octanol–water partition coefficient (Wildman–Crippen LogP) is 2.13. The predicted molar refractivity (Wildman–Crippen MR) is 62.1 cm³/mol. The number of aliphatic hydroxyl groups excluding tert-OH is 1. The Kier molecular flexibility index (Phi) is 3.22. The number of aromatic nitrogens is 1. The molecule has 0 aliphatic carbocycles. The summed E-state index contributed by atoms with van der Waals surface area (Å²) in [4.78, 5) is 0. The van der Waals surface area contributed by atoms with Crippen LogP contribution >= 0.6 is 0 Å². The van der Waals surface area contributed by atoms with E-state index in [1.807, 2.05) is 30.3 Å². The van der Waals surface area contributed by atoms with Crippen molar-refractivity contribution in [3.8, 4) is 11.3 Å². The lowest BCUT2D eigenvalue weighted by Gasteiger charge is -2.08. The van der Waals surface area contributed by atoms with Crippen LogP contribution in [0, 0.1) is 0 Å². The van der Waals surface area contributed by atoms with Gasteiger partial charge in [-0.15, -0.1) is 0 Å². The second kappa shape index (κ2) is 4.81. The molecule has 0 saturated carbocycles. The summed E-state index contributed by atoms with van der Waals surface area (Å²) in [5.74, 6) is 0. The number of rotatable bonds is 4. The van der Waals surface area contributed by atoms with Crippen LogP contribution in [-0.2, 0) is 0 Å². The molecule has 0 amide bonds. The Morgan fingerprint density at radius 3 is 3.00 bits per heavy atom. The molecule has 0 fully saturated rings. The van der Waals surface area contributed by atoms with Crippen molar-refractivity contribution in [1.29, 1.82) is 0 Å². The van der Waals surface area contributed by atoms with Gasteiger partial charge in [-0.25, -0.2) is 0 Å². The zero-order chi connectivity index (χ0) is 11.4. The number of aliphatic hydroxyl groups is 1. The molecule has 0 saturated heterocycles. The van der Waals surface area contributed by atoms with Crippen LogP contribution in [0.5, 0.6) is 0 Å². The van der Waals surface area contributed by atoms with E-state index in [4.69, 9.17) is 4.52 Å². The highest BCUT2D eigenvalue weighted by Crippen LogP contribution is 2.20. The molecule has 2 aromatic rings. The monoisotopic (exact) mass is 218 g/mol. The molecule has 2 N–H and O–H groups in total. The fraction of sp³-hybridized carbons (Fsp3) is 0.250. The van der Waals surface area contributed by atoms with Gasteiger partial charge >= 0.3 is 0 Å². The van der Waals surface area contributed by atoms with E-state index in [1.54, 1.807) is 13.2 Å². The average Bonchev–Trinajstić information content (AvgIpc) is 2.80. The maximum Gasteiger partial charge on any atom is 0.124 e. The summed E-state index contributed by atoms with van der Waals surface area (Å²) in [5.41, 5.74) is 2.76. The Hall–Kier alpha value is -1.81. The van der Waals surface area contributed by atoms with E-state index in [1.165, 1.54) is 0 Å². The lowest BCUT2D eigenvalue weighted by Crippen LogP contribution is -2.15. The van der Waals surface area contributed by atoms with E-state index in [0.717, 1.165) is 16.9 Å². The Balaban J connectivity index is 2.14. The number of nitrogens with zero attached hydrogens (tertiary/aromatic N) is 1. The molecular weight excluding hydrogens is 204 g/mol. The lowest BCUT2D eigenvalue weighted by atomic mass is 10.1. The molecule has 4 nitrogen and oxygen atoms in total. The smallest absolute Gasteiger partial charge is 0.124 e. The van der Waals surface area contributed by atoms with Crippen molar-refractivity contribution in [2.24, 2.45) is 0 Å². The molecule has 0 aliphatic heterocycles. The van der Waals surface area contributed by atoms with Gasteiger partial charge in [-0.2, -0.15) is 0 Å². The summed E-state index contributed by atoms with van der Waals surface area (Å²) in [6, 6.07) is 9.64. The topological polar surface area (TPSA) is 58.3 Å². The van der Waals surface area contributed by atoms with Crippen molar-refractivity contribution in [1.82, 2.24) is 5.16 Å². The standard InChI is InChI=1S/C12H14N2O2/c1-9(15)8-13-11-4-2-3-10(7-11)12-5-6-16-14-12/h2-7,9,13,15H,8H2,1H3. The van der Waals surface area contributed by atoms with Crippen LogP contribution in [-0.4, -0.2) is 22.9 Å². The third-order valence-electron chi connectivity index (χ3n) is 2.20. The van der Waals surface area contributed by atoms with Gasteiger partial charge < -0.3 is 14.9 Å². The molecule has 1 atom stereocenters. The van der Waals surface area contributed by atoms with Crippen molar-refractivity contribution < 1.29 is 9.63 Å². The first kappa shape index (κ1) is 10.7. The molecular formula is C12H14N2O2. The van der Waals surface area contributed by atoms with E-state index >= 15 is 0 Å². The summed E-state index contributed by atoms with van der Waals surface area (Å²) in [7, 11) is 0. The van der Waals surface area contributed by atoms with E-state index < -0.39 is 0 Å². The van der Waals surface area contributed by atoms with Gasteiger partial charge in [0.1, 0.15) is 12.0 Å². The molecule has 1 aromatic heterocycles. The Morgan fingerprint density at radius 1 is 1.44 bits per heavy atom. The Morgan fingerprint density at radius 2 is 2.31 bits per heavy atom. The fourth-order valence-electron chi connectivity index (χ4n) is 1.42. The molecule has 1 aromatic carbocycles. The average molecular weight is 218 g/mol. The number of benzene rings is 1. The molecule has 2 rings (SSSR count). The van der Waals surface area contributed by atoms with Crippen LogP contribution in [0.4, 0.5) is 5.69 Å². The van der Waals surface area contributed by atoms with E-state index in [0.29, 0.717) is 6.54 Å². The minimum Gasteiger partial charge on any atom is -0.392 e. The Labute approximate surface area is 93.9 Å². The largest absolute Gasteiger partial charge is 0.392 e. The number of nitrogens with one attached hydrogen (secondary N) is 1. The van der Waals surface area contributed by atoms with Crippen molar-refractivity contribution in [3.05, 3.63) is 36.6 Å². The quantitative estimate of drug-likeness (QED) is 0.825. The lowest BCUT2D eigenvalue weighted by molar-refractivity contribution is 0.208. The number of hydrogen-bond acceptors (Lipinski definition) is 4. The normalized spacial score (nSPS) is 12.4. The minimum absolute atomic E-state index is 0.365. The van der Waals surface area contributed by atoms with Crippen LogP contribution in [0.25, 0.3) is 11.3 Å². The van der Waals surface area contributed by atoms with Gasteiger partial charge in [0.25, 0.3) is 0 Å². The molecule has 0 radical (unpaired) electrons. The zero-order valence-electron chi connectivity index (χ0n) is 9.05. The molecule has 0 bridgehead atoms. The SMILES string of the molecule is CC(O)CNc1cccc(-c2ccon2)c1. The van der Waals surface area contributed by atoms with Crippen molar-refractivity contribution >= 4 is 5.69 Å². The molecule has 1 unspecified atom stereocenters. The molecule has 16 heavy (non-hydrogen) atoms. The van der Waals surface area contributed by atoms with Crippen LogP contribution in [0.1, 0.15) is 6.92 Å². The third kappa shape index (κ3) is 2.61. The molecule has 1 heterocycles. The van der Waals surface area contributed by atoms with Crippen LogP contribution in [0.2, 0.25) is 0 Å². The maximum atomic E-state index is 9.18. The molecule has 4 heteroatoms. The van der Waals surface area contributed by atoms with Gasteiger partial charge in [-0.05, 0) is 19.1 Å². The van der Waals surface area contributed by atoms with Crippen LogP contribution in [0.15, 0.2) is 41.1 Å². The maximum absolute atomic E-state index is 9.18. The summed E-state index contributed by atoms with van der Waals surface area (Å²) in [6.45, 7) is 2.27. The minimum atomic E-state index is -0.365. The van der Waals surface area contributed by atoms with Gasteiger partial charge in [-0.1, -0.05) is 17.3 Å². The van der Waals surface area contributed by atoms with Crippen molar-refractivity contribution in [2.75, 3.05) is 11.9 Å². The van der Waals surface area contributed by atoms with Crippen molar-refractivity contribution in [2.45, 2.75) is 13.0 Å². The first-order valence-corrected chi connectivity index (χ1v) is 5.18. The number of hydrogen-bond donors (Lipinski definition) is 2. The molecule has 0 spiro atoms. The van der Waals surface area contributed by atoms with Gasteiger partial charge in [0, 0.05) is 23.9 Å². The van der Waals surface area contributed by atoms with E-state index in [2.05, 4.69) is 10.5 Å². The highest BCUT2D eigenvalue weighted by atomic mass is 16.5. The highest BCUT2D eigenvalue weighted by Gasteiger charge is 2.02. The second-order valence-corrected chi connectivity index (χ2v) is 3.70. The first-order valence-electron chi connectivity index (χ1n) is 5.18. The van der Waals surface area contributed by atoms with Gasteiger partial charge in [0.2, 0.25) is 0 Å². The Bertz CT molecular complexity index is 438. The molecule has 0 aliphatic rings. The van der Waals surface area contributed by atoms with Crippen LogP contribution < -0.4 is 5.32 Å². The fourth-order valence-corrected chi connectivity index (χ4v) is 1.42. The summed E-state index contributed by atoms with van der Waals surface area (Å²) in [6.07, 6.45) is 1.18. The zero-order valence-corrected chi connectivity index (χ0v) is 9.05. The van der Waals surface area contributed by atoms with Gasteiger partial charge in [-0.3, -0.25) is 0 Å². The second-order valence-electron chi connectivity index (χ2n) is 3.70. The molecule has 84 valence electrons. The summed E-state index contributed by atoms with van der Waals surface area (Å²) in [5, 5.41) is 16.2. The number of anilines is 1. The third-order valence-corrected chi connectivity index (χ3v) is 2.20. The van der Waals surface area contributed by atoms with Crippen LogP contribution in [0.3, 0.4) is 0 Å². The van der Waals surface area contributed by atoms with E-state index in [-0.39, 0.29) is 6.10 Å².